The first kappa shape index (κ1) is 10.7. The maximum atomic E-state index is 4.25. The van der Waals surface area contributed by atoms with Crippen LogP contribution in [0.5, 0.6) is 0 Å². The van der Waals surface area contributed by atoms with Crippen molar-refractivity contribution in [1.29, 1.82) is 0 Å². The molecule has 3 aromatic heterocycles. The van der Waals surface area contributed by atoms with Crippen molar-refractivity contribution >= 4 is 16.9 Å². The van der Waals surface area contributed by atoms with Crippen LogP contribution in [0, 0.1) is 0 Å². The van der Waals surface area contributed by atoms with Crippen LogP contribution in [0.4, 0.5) is 5.82 Å². The monoisotopic (exact) mass is 243 g/mol. The third kappa shape index (κ3) is 1.69. The van der Waals surface area contributed by atoms with Gasteiger partial charge in [0.05, 0.1) is 18.1 Å². The Hall–Kier alpha value is -2.44. The zero-order valence-electron chi connectivity index (χ0n) is 10.2. The lowest BCUT2D eigenvalue weighted by Crippen LogP contribution is -2.07. The van der Waals surface area contributed by atoms with E-state index in [4.69, 9.17) is 0 Å². The van der Waals surface area contributed by atoms with E-state index in [1.807, 2.05) is 24.9 Å². The molecule has 3 heterocycles. The highest BCUT2D eigenvalue weighted by Gasteiger charge is 2.08. The topological polar surface area (TPSA) is 73.5 Å². The normalized spacial score (nSPS) is 11.0. The number of nitrogens with zero attached hydrogens (tertiary/aromatic N) is 6. The number of rotatable bonds is 3. The van der Waals surface area contributed by atoms with Crippen LogP contribution < -0.4 is 5.32 Å². The van der Waals surface area contributed by atoms with Crippen molar-refractivity contribution in [2.24, 2.45) is 14.1 Å². The molecule has 7 heteroatoms. The average molecular weight is 243 g/mol. The van der Waals surface area contributed by atoms with Crippen LogP contribution in [0.15, 0.2) is 24.9 Å². The fourth-order valence-corrected chi connectivity index (χ4v) is 1.83. The largest absolute Gasteiger partial charge is 0.362 e. The fraction of sp³-hybridized carbons (Fsp3) is 0.273. The van der Waals surface area contributed by atoms with Crippen molar-refractivity contribution in [3.8, 4) is 0 Å². The first-order valence-corrected chi connectivity index (χ1v) is 5.58. The Kier molecular flexibility index (Phi) is 2.44. The molecule has 0 atom stereocenters. The van der Waals surface area contributed by atoms with Gasteiger partial charge in [-0.3, -0.25) is 4.68 Å². The van der Waals surface area contributed by atoms with Crippen molar-refractivity contribution in [3.63, 3.8) is 0 Å². The van der Waals surface area contributed by atoms with Crippen LogP contribution in [-0.4, -0.2) is 29.3 Å². The minimum absolute atomic E-state index is 0.616. The standard InChI is InChI=1S/C11H13N7/c1-17-4-3-12-9(17)6-13-10-8-5-16-18(2)11(8)15-7-14-10/h3-5,7H,6H2,1-2H3,(H,13,14,15). The zero-order chi connectivity index (χ0) is 12.5. The lowest BCUT2D eigenvalue weighted by atomic mass is 10.4. The zero-order valence-corrected chi connectivity index (χ0v) is 10.2. The van der Waals surface area contributed by atoms with Gasteiger partial charge < -0.3 is 9.88 Å². The first-order valence-electron chi connectivity index (χ1n) is 5.58. The number of fused-ring (bicyclic) bond motifs is 1. The molecule has 0 aromatic carbocycles. The summed E-state index contributed by atoms with van der Waals surface area (Å²) in [5.74, 6) is 1.72. The van der Waals surface area contributed by atoms with E-state index in [1.165, 1.54) is 6.33 Å². The van der Waals surface area contributed by atoms with E-state index in [-0.39, 0.29) is 0 Å². The van der Waals surface area contributed by atoms with Gasteiger partial charge in [-0.25, -0.2) is 15.0 Å². The lowest BCUT2D eigenvalue weighted by molar-refractivity contribution is 0.785. The van der Waals surface area contributed by atoms with Gasteiger partial charge in [0, 0.05) is 26.5 Å². The summed E-state index contributed by atoms with van der Waals surface area (Å²) in [4.78, 5) is 12.7. The van der Waals surface area contributed by atoms with Gasteiger partial charge in [0.15, 0.2) is 5.65 Å². The molecule has 0 saturated carbocycles. The van der Waals surface area contributed by atoms with E-state index < -0.39 is 0 Å². The Morgan fingerprint density at radius 1 is 1.22 bits per heavy atom. The molecule has 7 nitrogen and oxygen atoms in total. The second-order valence-corrected chi connectivity index (χ2v) is 4.04. The van der Waals surface area contributed by atoms with Crippen LogP contribution in [0.2, 0.25) is 0 Å². The van der Waals surface area contributed by atoms with Crippen molar-refractivity contribution < 1.29 is 0 Å². The van der Waals surface area contributed by atoms with E-state index in [0.717, 1.165) is 22.7 Å². The van der Waals surface area contributed by atoms with Gasteiger partial charge in [0.1, 0.15) is 18.0 Å². The molecular weight excluding hydrogens is 230 g/mol. The summed E-state index contributed by atoms with van der Waals surface area (Å²) in [6.45, 7) is 0.616. The van der Waals surface area contributed by atoms with Crippen LogP contribution in [0.25, 0.3) is 11.0 Å². The lowest BCUT2D eigenvalue weighted by Gasteiger charge is -2.06. The molecule has 0 bridgehead atoms. The van der Waals surface area contributed by atoms with Gasteiger partial charge in [-0.2, -0.15) is 5.10 Å². The first-order chi connectivity index (χ1) is 8.75. The number of anilines is 1. The van der Waals surface area contributed by atoms with E-state index >= 15 is 0 Å². The molecule has 3 aromatic rings. The number of aryl methyl sites for hydroxylation is 2. The molecule has 18 heavy (non-hydrogen) atoms. The van der Waals surface area contributed by atoms with Crippen LogP contribution in [0.3, 0.4) is 0 Å². The maximum Gasteiger partial charge on any atom is 0.163 e. The van der Waals surface area contributed by atoms with Crippen LogP contribution in [0.1, 0.15) is 5.82 Å². The molecule has 3 rings (SSSR count). The second-order valence-electron chi connectivity index (χ2n) is 4.04. The summed E-state index contributed by atoms with van der Waals surface area (Å²) in [6.07, 6.45) is 6.98. The smallest absolute Gasteiger partial charge is 0.163 e. The van der Waals surface area contributed by atoms with E-state index in [2.05, 4.69) is 25.4 Å². The number of nitrogens with one attached hydrogen (secondary N) is 1. The van der Waals surface area contributed by atoms with Gasteiger partial charge in [0.25, 0.3) is 0 Å². The van der Waals surface area contributed by atoms with Crippen molar-refractivity contribution in [2.45, 2.75) is 6.54 Å². The van der Waals surface area contributed by atoms with Crippen molar-refractivity contribution in [3.05, 3.63) is 30.7 Å². The summed E-state index contributed by atoms with van der Waals surface area (Å²) in [7, 11) is 3.82. The number of imidazole rings is 1. The Morgan fingerprint density at radius 3 is 2.89 bits per heavy atom. The molecule has 0 saturated heterocycles. The van der Waals surface area contributed by atoms with Crippen molar-refractivity contribution in [2.75, 3.05) is 5.32 Å². The fourth-order valence-electron chi connectivity index (χ4n) is 1.83. The highest BCUT2D eigenvalue weighted by molar-refractivity contribution is 5.85. The SMILES string of the molecule is Cn1ccnc1CNc1ncnc2c1cnn2C. The Morgan fingerprint density at radius 2 is 2.11 bits per heavy atom. The van der Waals surface area contributed by atoms with Crippen molar-refractivity contribution in [1.82, 2.24) is 29.3 Å². The Bertz CT molecular complexity index is 682. The van der Waals surface area contributed by atoms with E-state index in [1.54, 1.807) is 17.1 Å². The van der Waals surface area contributed by atoms with Gasteiger partial charge >= 0.3 is 0 Å². The highest BCUT2D eigenvalue weighted by Crippen LogP contribution is 2.18. The number of aromatic nitrogens is 6. The molecule has 0 aliphatic carbocycles. The average Bonchev–Trinajstić information content (AvgIpc) is 2.95. The minimum atomic E-state index is 0.616. The highest BCUT2D eigenvalue weighted by atomic mass is 15.3. The summed E-state index contributed by atoms with van der Waals surface area (Å²) in [5.41, 5.74) is 0.812. The Balaban J connectivity index is 1.89. The molecule has 0 aliphatic heterocycles. The summed E-state index contributed by atoms with van der Waals surface area (Å²) in [6, 6.07) is 0. The van der Waals surface area contributed by atoms with Crippen LogP contribution >= 0.6 is 0 Å². The predicted octanol–water partition coefficient (Wildman–Crippen LogP) is 0.709. The molecule has 0 radical (unpaired) electrons. The van der Waals surface area contributed by atoms with E-state index in [9.17, 15) is 0 Å². The van der Waals surface area contributed by atoms with Gasteiger partial charge in [-0.1, -0.05) is 0 Å². The molecule has 0 amide bonds. The molecule has 0 spiro atoms. The van der Waals surface area contributed by atoms with Gasteiger partial charge in [0.2, 0.25) is 0 Å². The molecule has 0 aliphatic rings. The molecule has 92 valence electrons. The molecular formula is C11H13N7. The third-order valence-corrected chi connectivity index (χ3v) is 2.86. The second kappa shape index (κ2) is 4.10. The van der Waals surface area contributed by atoms with Gasteiger partial charge in [-0.15, -0.1) is 0 Å². The molecule has 1 N–H and O–H groups in total. The number of hydrogen-bond donors (Lipinski definition) is 1. The summed E-state index contributed by atoms with van der Waals surface area (Å²) < 4.78 is 3.69. The predicted molar refractivity (Wildman–Crippen MR) is 66.8 cm³/mol. The summed E-state index contributed by atoms with van der Waals surface area (Å²) >= 11 is 0. The molecule has 0 unspecified atom stereocenters. The van der Waals surface area contributed by atoms with E-state index in [0.29, 0.717) is 6.54 Å². The minimum Gasteiger partial charge on any atom is -0.362 e. The van der Waals surface area contributed by atoms with Crippen LogP contribution in [-0.2, 0) is 20.6 Å². The quantitative estimate of drug-likeness (QED) is 0.733. The Labute approximate surface area is 104 Å². The number of hydrogen-bond acceptors (Lipinski definition) is 5. The summed E-state index contributed by atoms with van der Waals surface area (Å²) in [5, 5.41) is 8.34. The third-order valence-electron chi connectivity index (χ3n) is 2.86. The van der Waals surface area contributed by atoms with Gasteiger partial charge in [-0.05, 0) is 0 Å². The maximum absolute atomic E-state index is 4.25. The molecule has 0 fully saturated rings.